The first-order valence-corrected chi connectivity index (χ1v) is 4.93. The van der Waals surface area contributed by atoms with Crippen molar-refractivity contribution >= 4 is 21.8 Å². The lowest BCUT2D eigenvalue weighted by Crippen LogP contribution is -2.06. The van der Waals surface area contributed by atoms with Gasteiger partial charge in [0.15, 0.2) is 0 Å². The molecule has 1 rings (SSSR count). The second kappa shape index (κ2) is 4.42. The second-order valence-electron chi connectivity index (χ2n) is 2.67. The van der Waals surface area contributed by atoms with Gasteiger partial charge in [-0.15, -0.1) is 0 Å². The Kier molecular flexibility index (Phi) is 3.48. The van der Waals surface area contributed by atoms with Gasteiger partial charge in [-0.3, -0.25) is 5.41 Å². The van der Waals surface area contributed by atoms with Crippen LogP contribution in [0.4, 0.5) is 0 Å². The number of hydrogen-bond donors (Lipinski definition) is 1. The third-order valence-electron chi connectivity index (χ3n) is 1.80. The minimum Gasteiger partial charge on any atom is -0.478 e. The average molecular weight is 242 g/mol. The fourth-order valence-electron chi connectivity index (χ4n) is 1.08. The zero-order valence-electron chi connectivity index (χ0n) is 7.73. The summed E-state index contributed by atoms with van der Waals surface area (Å²) in [5, 5.41) is 7.62. The molecule has 0 fully saturated rings. The first-order chi connectivity index (χ1) is 6.16. The molecule has 1 N–H and O–H groups in total. The van der Waals surface area contributed by atoms with Crippen molar-refractivity contribution in [3.05, 3.63) is 33.8 Å². The molecule has 0 unspecified atom stereocenters. The Morgan fingerprint density at radius 1 is 1.54 bits per heavy atom. The molecule has 0 saturated carbocycles. The molecule has 0 aliphatic rings. The van der Waals surface area contributed by atoms with Crippen LogP contribution in [0, 0.1) is 12.3 Å². The van der Waals surface area contributed by atoms with Gasteiger partial charge in [-0.2, -0.15) is 0 Å². The van der Waals surface area contributed by atoms with Crippen molar-refractivity contribution in [2.45, 2.75) is 13.8 Å². The van der Waals surface area contributed by atoms with E-state index in [1.54, 1.807) is 0 Å². The summed E-state index contributed by atoms with van der Waals surface area (Å²) in [6.07, 6.45) is 0. The molecule has 0 aliphatic carbocycles. The number of ether oxygens (including phenoxy) is 1. The van der Waals surface area contributed by atoms with Gasteiger partial charge in [0.1, 0.15) is 0 Å². The second-order valence-corrected chi connectivity index (χ2v) is 3.53. The minimum absolute atomic E-state index is 0.237. The van der Waals surface area contributed by atoms with E-state index in [9.17, 15) is 0 Å². The summed E-state index contributed by atoms with van der Waals surface area (Å²) >= 11 is 3.41. The van der Waals surface area contributed by atoms with E-state index in [-0.39, 0.29) is 5.90 Å². The molecule has 2 nitrogen and oxygen atoms in total. The first kappa shape index (κ1) is 10.3. The van der Waals surface area contributed by atoms with Crippen molar-refractivity contribution < 1.29 is 4.74 Å². The van der Waals surface area contributed by atoms with E-state index in [1.807, 2.05) is 32.0 Å². The lowest BCUT2D eigenvalue weighted by Gasteiger charge is -2.08. The number of halogens is 1. The van der Waals surface area contributed by atoms with Crippen LogP contribution < -0.4 is 0 Å². The van der Waals surface area contributed by atoms with Gasteiger partial charge in [0, 0.05) is 10.0 Å². The third kappa shape index (κ3) is 2.31. The molecular weight excluding hydrogens is 230 g/mol. The van der Waals surface area contributed by atoms with E-state index in [0.29, 0.717) is 6.61 Å². The van der Waals surface area contributed by atoms with Crippen LogP contribution in [0.2, 0.25) is 0 Å². The van der Waals surface area contributed by atoms with Crippen molar-refractivity contribution in [3.8, 4) is 0 Å². The molecule has 1 aromatic carbocycles. The van der Waals surface area contributed by atoms with E-state index >= 15 is 0 Å². The highest BCUT2D eigenvalue weighted by atomic mass is 79.9. The van der Waals surface area contributed by atoms with E-state index < -0.39 is 0 Å². The number of nitrogens with one attached hydrogen (secondary N) is 1. The zero-order chi connectivity index (χ0) is 9.84. The quantitative estimate of drug-likeness (QED) is 0.627. The highest BCUT2D eigenvalue weighted by Crippen LogP contribution is 2.19. The monoisotopic (exact) mass is 241 g/mol. The standard InChI is InChI=1S/C10H12BrNO/c1-3-13-10(12)8-5-4-6-9(11)7(8)2/h4-6,12H,3H2,1-2H3. The van der Waals surface area contributed by atoms with Gasteiger partial charge < -0.3 is 4.74 Å². The fraction of sp³-hybridized carbons (Fsp3) is 0.300. The van der Waals surface area contributed by atoms with Crippen LogP contribution in [-0.4, -0.2) is 12.5 Å². The van der Waals surface area contributed by atoms with Crippen LogP contribution in [-0.2, 0) is 4.74 Å². The summed E-state index contributed by atoms with van der Waals surface area (Å²) < 4.78 is 6.13. The van der Waals surface area contributed by atoms with Crippen LogP contribution in [0.25, 0.3) is 0 Å². The SMILES string of the molecule is CCOC(=N)c1cccc(Br)c1C. The van der Waals surface area contributed by atoms with E-state index in [0.717, 1.165) is 15.6 Å². The largest absolute Gasteiger partial charge is 0.478 e. The minimum atomic E-state index is 0.237. The first-order valence-electron chi connectivity index (χ1n) is 4.13. The summed E-state index contributed by atoms with van der Waals surface area (Å²) in [7, 11) is 0. The normalized spacial score (nSPS) is 9.77. The lowest BCUT2D eigenvalue weighted by atomic mass is 10.1. The molecule has 70 valence electrons. The Balaban J connectivity index is 3.01. The molecule has 0 aliphatic heterocycles. The predicted octanol–water partition coefficient (Wildman–Crippen LogP) is 3.12. The maximum Gasteiger partial charge on any atom is 0.213 e. The van der Waals surface area contributed by atoms with Crippen molar-refractivity contribution in [2.75, 3.05) is 6.61 Å². The van der Waals surface area contributed by atoms with Crippen LogP contribution >= 0.6 is 15.9 Å². The summed E-state index contributed by atoms with van der Waals surface area (Å²) in [4.78, 5) is 0. The molecular formula is C10H12BrNO. The number of hydrogen-bond acceptors (Lipinski definition) is 2. The molecule has 3 heteroatoms. The van der Waals surface area contributed by atoms with Gasteiger partial charge in [-0.25, -0.2) is 0 Å². The Morgan fingerprint density at radius 3 is 2.85 bits per heavy atom. The number of benzene rings is 1. The van der Waals surface area contributed by atoms with Gasteiger partial charge >= 0.3 is 0 Å². The lowest BCUT2D eigenvalue weighted by molar-refractivity contribution is 0.325. The predicted molar refractivity (Wildman–Crippen MR) is 57.3 cm³/mol. The highest BCUT2D eigenvalue weighted by molar-refractivity contribution is 9.10. The van der Waals surface area contributed by atoms with Crippen LogP contribution in [0.1, 0.15) is 18.1 Å². The Hall–Kier alpha value is -0.830. The Labute approximate surface area is 86.6 Å². The summed E-state index contributed by atoms with van der Waals surface area (Å²) in [6.45, 7) is 4.37. The van der Waals surface area contributed by atoms with Gasteiger partial charge in [-0.1, -0.05) is 22.0 Å². The maximum atomic E-state index is 7.62. The Bertz CT molecular complexity index is 323. The van der Waals surface area contributed by atoms with Gasteiger partial charge in [-0.05, 0) is 31.5 Å². The van der Waals surface area contributed by atoms with Crippen LogP contribution in [0.5, 0.6) is 0 Å². The van der Waals surface area contributed by atoms with Crippen molar-refractivity contribution in [1.29, 1.82) is 5.41 Å². The van der Waals surface area contributed by atoms with E-state index in [2.05, 4.69) is 15.9 Å². The maximum absolute atomic E-state index is 7.62. The molecule has 13 heavy (non-hydrogen) atoms. The molecule has 0 heterocycles. The van der Waals surface area contributed by atoms with E-state index in [4.69, 9.17) is 10.1 Å². The molecule has 0 atom stereocenters. The third-order valence-corrected chi connectivity index (χ3v) is 2.66. The summed E-state index contributed by atoms with van der Waals surface area (Å²) in [5.41, 5.74) is 1.89. The molecule has 0 radical (unpaired) electrons. The molecule has 0 amide bonds. The fourth-order valence-corrected chi connectivity index (χ4v) is 1.44. The van der Waals surface area contributed by atoms with Gasteiger partial charge in [0.05, 0.1) is 6.61 Å². The summed E-state index contributed by atoms with van der Waals surface area (Å²) in [6, 6.07) is 5.75. The van der Waals surface area contributed by atoms with Crippen molar-refractivity contribution in [1.82, 2.24) is 0 Å². The molecule has 0 aromatic heterocycles. The van der Waals surface area contributed by atoms with Gasteiger partial charge in [0.25, 0.3) is 0 Å². The van der Waals surface area contributed by atoms with Crippen LogP contribution in [0.15, 0.2) is 22.7 Å². The van der Waals surface area contributed by atoms with E-state index in [1.165, 1.54) is 0 Å². The molecule has 0 bridgehead atoms. The topological polar surface area (TPSA) is 33.1 Å². The van der Waals surface area contributed by atoms with Crippen LogP contribution in [0.3, 0.4) is 0 Å². The molecule has 0 spiro atoms. The molecule has 0 saturated heterocycles. The number of rotatable bonds is 2. The van der Waals surface area contributed by atoms with Crippen molar-refractivity contribution in [2.24, 2.45) is 0 Å². The zero-order valence-corrected chi connectivity index (χ0v) is 9.31. The van der Waals surface area contributed by atoms with Crippen molar-refractivity contribution in [3.63, 3.8) is 0 Å². The Morgan fingerprint density at radius 2 is 2.23 bits per heavy atom. The van der Waals surface area contributed by atoms with Gasteiger partial charge in [0.2, 0.25) is 5.90 Å². The molecule has 1 aromatic rings. The average Bonchev–Trinajstić information content (AvgIpc) is 2.10. The summed E-state index contributed by atoms with van der Waals surface area (Å²) in [5.74, 6) is 0.237. The highest BCUT2D eigenvalue weighted by Gasteiger charge is 2.07. The smallest absolute Gasteiger partial charge is 0.213 e.